The Morgan fingerprint density at radius 2 is 1.91 bits per heavy atom. The fraction of sp³-hybridized carbons (Fsp3) is 0.375. The molecular formula is C16H19N3O2S. The second-order valence-corrected chi connectivity index (χ2v) is 7.91. The molecule has 116 valence electrons. The summed E-state index contributed by atoms with van der Waals surface area (Å²) in [5, 5.41) is 7.53. The molecule has 0 spiro atoms. The third-order valence-electron chi connectivity index (χ3n) is 3.58. The molecule has 1 aromatic carbocycles. The first kappa shape index (κ1) is 15.0. The fourth-order valence-electron chi connectivity index (χ4n) is 2.31. The second kappa shape index (κ2) is 5.35. The van der Waals surface area contributed by atoms with Gasteiger partial charge >= 0.3 is 0 Å². The molecule has 3 rings (SSSR count). The highest BCUT2D eigenvalue weighted by Gasteiger charge is 2.30. The Kier molecular flexibility index (Phi) is 3.64. The number of carbonyl (C=O) groups is 1. The molecule has 1 N–H and O–H groups in total. The fourth-order valence-corrected chi connectivity index (χ4v) is 3.57. The Hall–Kier alpha value is -1.95. The molecule has 1 aromatic heterocycles. The summed E-state index contributed by atoms with van der Waals surface area (Å²) in [5.74, 6) is 1.46. The van der Waals surface area contributed by atoms with Crippen LogP contribution in [0.4, 0.5) is 5.82 Å². The van der Waals surface area contributed by atoms with E-state index in [1.54, 1.807) is 4.68 Å². The third-order valence-corrected chi connectivity index (χ3v) is 4.79. The molecule has 1 aliphatic heterocycles. The molecule has 6 heteroatoms. The number of hydrogen-bond acceptors (Lipinski definition) is 3. The minimum Gasteiger partial charge on any atom is -0.310 e. The summed E-state index contributed by atoms with van der Waals surface area (Å²) >= 11 is 0. The van der Waals surface area contributed by atoms with Crippen molar-refractivity contribution in [3.8, 4) is 5.69 Å². The van der Waals surface area contributed by atoms with Crippen LogP contribution in [0.3, 0.4) is 0 Å². The summed E-state index contributed by atoms with van der Waals surface area (Å²) < 4.78 is 13.5. The van der Waals surface area contributed by atoms with Gasteiger partial charge in [0.1, 0.15) is 5.82 Å². The molecule has 5 nitrogen and oxygen atoms in total. The van der Waals surface area contributed by atoms with Gasteiger partial charge in [0, 0.05) is 21.8 Å². The van der Waals surface area contributed by atoms with Crippen molar-refractivity contribution in [3.05, 3.63) is 41.6 Å². The lowest BCUT2D eigenvalue weighted by atomic mass is 9.96. The van der Waals surface area contributed by atoms with E-state index in [0.29, 0.717) is 17.3 Å². The summed E-state index contributed by atoms with van der Waals surface area (Å²) in [7, 11) is -0.926. The van der Waals surface area contributed by atoms with Gasteiger partial charge in [0.15, 0.2) is 0 Å². The molecule has 1 aliphatic rings. The van der Waals surface area contributed by atoms with Crippen molar-refractivity contribution in [1.29, 1.82) is 0 Å². The lowest BCUT2D eigenvalue weighted by Gasteiger charge is -2.19. The molecular weight excluding hydrogens is 298 g/mol. The molecule has 0 radical (unpaired) electrons. The van der Waals surface area contributed by atoms with Crippen LogP contribution in [0.25, 0.3) is 5.69 Å². The first-order valence-electron chi connectivity index (χ1n) is 7.19. The number of hydrogen-bond donors (Lipinski definition) is 1. The van der Waals surface area contributed by atoms with E-state index >= 15 is 0 Å². The van der Waals surface area contributed by atoms with Crippen molar-refractivity contribution in [1.82, 2.24) is 9.78 Å². The number of fused-ring (bicyclic) bond motifs is 1. The van der Waals surface area contributed by atoms with Gasteiger partial charge in [-0.05, 0) is 12.1 Å². The molecule has 2 aromatic rings. The zero-order valence-electron chi connectivity index (χ0n) is 12.9. The van der Waals surface area contributed by atoms with Crippen LogP contribution in [-0.4, -0.2) is 19.9 Å². The van der Waals surface area contributed by atoms with Crippen LogP contribution in [0.5, 0.6) is 0 Å². The van der Waals surface area contributed by atoms with Crippen molar-refractivity contribution < 1.29 is 9.00 Å². The molecule has 0 unspecified atom stereocenters. The largest absolute Gasteiger partial charge is 0.310 e. The van der Waals surface area contributed by atoms with Crippen molar-refractivity contribution in [2.75, 3.05) is 5.32 Å². The zero-order chi connectivity index (χ0) is 15.9. The maximum Gasteiger partial charge on any atom is 0.230 e. The molecule has 22 heavy (non-hydrogen) atoms. The number of amides is 1. The van der Waals surface area contributed by atoms with Crippen molar-refractivity contribution in [2.24, 2.45) is 5.41 Å². The highest BCUT2D eigenvalue weighted by atomic mass is 32.2. The van der Waals surface area contributed by atoms with Crippen LogP contribution >= 0.6 is 0 Å². The van der Waals surface area contributed by atoms with Gasteiger partial charge in [0.2, 0.25) is 5.91 Å². The van der Waals surface area contributed by atoms with Crippen LogP contribution in [0.15, 0.2) is 30.3 Å². The number of rotatable bonds is 2. The number of benzene rings is 1. The van der Waals surface area contributed by atoms with Gasteiger partial charge in [-0.15, -0.1) is 0 Å². The van der Waals surface area contributed by atoms with E-state index in [4.69, 9.17) is 0 Å². The first-order chi connectivity index (χ1) is 10.4. The molecule has 0 saturated heterocycles. The van der Waals surface area contributed by atoms with E-state index in [9.17, 15) is 9.00 Å². The van der Waals surface area contributed by atoms with Crippen molar-refractivity contribution in [3.63, 3.8) is 0 Å². The number of nitrogens with zero attached hydrogens (tertiary/aromatic N) is 2. The zero-order valence-corrected chi connectivity index (χ0v) is 13.7. The molecule has 1 atom stereocenters. The molecule has 0 fully saturated rings. The average Bonchev–Trinajstić information content (AvgIpc) is 2.96. The standard InChI is InChI=1S/C16H19N3O2S/c1-16(2,3)15(20)17-14-12-9-22(21)10-13(12)18-19(14)11-7-5-4-6-8-11/h4-8H,9-10H2,1-3H3,(H,17,20)/t22-/m1/s1. The van der Waals surface area contributed by atoms with E-state index in [2.05, 4.69) is 10.4 Å². The quantitative estimate of drug-likeness (QED) is 0.926. The van der Waals surface area contributed by atoms with Crippen LogP contribution in [-0.2, 0) is 27.1 Å². The molecule has 2 heterocycles. The van der Waals surface area contributed by atoms with Gasteiger partial charge in [0.25, 0.3) is 0 Å². The van der Waals surface area contributed by atoms with Crippen LogP contribution < -0.4 is 5.32 Å². The Labute approximate surface area is 132 Å². The van der Waals surface area contributed by atoms with Crippen LogP contribution in [0, 0.1) is 5.41 Å². The molecule has 1 amide bonds. The lowest BCUT2D eigenvalue weighted by molar-refractivity contribution is -0.123. The molecule has 0 bridgehead atoms. The van der Waals surface area contributed by atoms with Gasteiger partial charge in [-0.1, -0.05) is 39.0 Å². The summed E-state index contributed by atoms with van der Waals surface area (Å²) in [6.07, 6.45) is 0. The second-order valence-electron chi connectivity index (χ2n) is 6.45. The smallest absolute Gasteiger partial charge is 0.230 e. The van der Waals surface area contributed by atoms with Crippen LogP contribution in [0.1, 0.15) is 32.0 Å². The van der Waals surface area contributed by atoms with E-state index < -0.39 is 16.2 Å². The lowest BCUT2D eigenvalue weighted by Crippen LogP contribution is -2.29. The number of aromatic nitrogens is 2. The minimum absolute atomic E-state index is 0.0786. The molecule has 0 aliphatic carbocycles. The van der Waals surface area contributed by atoms with Gasteiger partial charge in [-0.3, -0.25) is 9.00 Å². The first-order valence-corrected chi connectivity index (χ1v) is 8.67. The van der Waals surface area contributed by atoms with E-state index in [-0.39, 0.29) is 5.91 Å². The highest BCUT2D eigenvalue weighted by Crippen LogP contribution is 2.32. The predicted octanol–water partition coefficient (Wildman–Crippen LogP) is 2.62. The van der Waals surface area contributed by atoms with Gasteiger partial charge in [-0.2, -0.15) is 5.10 Å². The number of anilines is 1. The topological polar surface area (TPSA) is 64.0 Å². The van der Waals surface area contributed by atoms with E-state index in [1.807, 2.05) is 51.1 Å². The average molecular weight is 317 g/mol. The number of nitrogens with one attached hydrogen (secondary N) is 1. The maximum atomic E-state index is 12.4. The van der Waals surface area contributed by atoms with Gasteiger partial charge in [0.05, 0.1) is 22.9 Å². The highest BCUT2D eigenvalue weighted by molar-refractivity contribution is 7.83. The minimum atomic E-state index is -0.926. The Morgan fingerprint density at radius 3 is 2.55 bits per heavy atom. The summed E-state index contributed by atoms with van der Waals surface area (Å²) in [5.41, 5.74) is 2.08. The summed E-state index contributed by atoms with van der Waals surface area (Å²) in [4.78, 5) is 12.4. The molecule has 0 saturated carbocycles. The number of carbonyl (C=O) groups excluding carboxylic acids is 1. The van der Waals surface area contributed by atoms with Gasteiger partial charge < -0.3 is 5.32 Å². The Morgan fingerprint density at radius 1 is 1.23 bits per heavy atom. The Bertz CT molecular complexity index is 745. The van der Waals surface area contributed by atoms with Crippen molar-refractivity contribution >= 4 is 22.5 Å². The SMILES string of the molecule is CC(C)(C)C(=O)Nc1c2c(nn1-c1ccccc1)C[S@](=O)C2. The van der Waals surface area contributed by atoms with E-state index in [0.717, 1.165) is 16.9 Å². The third kappa shape index (κ3) is 2.70. The van der Waals surface area contributed by atoms with Gasteiger partial charge in [-0.25, -0.2) is 4.68 Å². The monoisotopic (exact) mass is 317 g/mol. The van der Waals surface area contributed by atoms with Crippen LogP contribution in [0.2, 0.25) is 0 Å². The predicted molar refractivity (Wildman–Crippen MR) is 87.2 cm³/mol. The number of para-hydroxylation sites is 1. The maximum absolute atomic E-state index is 12.4. The van der Waals surface area contributed by atoms with E-state index in [1.165, 1.54) is 0 Å². The normalized spacial score (nSPS) is 17.3. The Balaban J connectivity index is 2.07. The van der Waals surface area contributed by atoms with Crippen molar-refractivity contribution in [2.45, 2.75) is 32.3 Å². The summed E-state index contributed by atoms with van der Waals surface area (Å²) in [6, 6.07) is 9.66. The summed E-state index contributed by atoms with van der Waals surface area (Å²) in [6.45, 7) is 5.60.